The van der Waals surface area contributed by atoms with Crippen molar-refractivity contribution in [3.63, 3.8) is 0 Å². The van der Waals surface area contributed by atoms with E-state index in [1.165, 1.54) is 0 Å². The van der Waals surface area contributed by atoms with Crippen molar-refractivity contribution in [1.29, 1.82) is 0 Å². The second-order valence-corrected chi connectivity index (χ2v) is 6.00. The van der Waals surface area contributed by atoms with Crippen LogP contribution in [0.3, 0.4) is 0 Å². The monoisotopic (exact) mass is 296 g/mol. The van der Waals surface area contributed by atoms with Gasteiger partial charge >= 0.3 is 6.36 Å². The number of hydrogen-bond acceptors (Lipinski definition) is 3. The second-order valence-electron chi connectivity index (χ2n) is 6.00. The van der Waals surface area contributed by atoms with Crippen LogP contribution in [0.5, 0.6) is 0 Å². The molecule has 1 aliphatic heterocycles. The van der Waals surface area contributed by atoms with Gasteiger partial charge in [0.25, 0.3) is 0 Å². The number of alkyl halides is 3. The standard InChI is InChI=1S/C14H27F3N2O/c1-5-11(4)12-9-19(6-7-20-14(15,16)17)13(8-18-12)10(2)3/h10-13,18H,5-9H2,1-4H3. The highest BCUT2D eigenvalue weighted by Gasteiger charge is 2.33. The third-order valence-corrected chi connectivity index (χ3v) is 4.23. The molecule has 1 aliphatic rings. The van der Waals surface area contributed by atoms with E-state index in [1.807, 2.05) is 0 Å². The zero-order chi connectivity index (χ0) is 15.3. The Bertz CT molecular complexity index is 284. The summed E-state index contributed by atoms with van der Waals surface area (Å²) >= 11 is 0. The van der Waals surface area contributed by atoms with Crippen LogP contribution in [0.4, 0.5) is 13.2 Å². The molecule has 3 atom stereocenters. The molecule has 3 unspecified atom stereocenters. The van der Waals surface area contributed by atoms with E-state index >= 15 is 0 Å². The molecule has 1 N–H and O–H groups in total. The Hall–Kier alpha value is -0.330. The lowest BCUT2D eigenvalue weighted by atomic mass is 9.92. The van der Waals surface area contributed by atoms with Crippen molar-refractivity contribution in [2.75, 3.05) is 26.2 Å². The van der Waals surface area contributed by atoms with E-state index in [1.54, 1.807) is 0 Å². The average molecular weight is 296 g/mol. The minimum absolute atomic E-state index is 0.270. The highest BCUT2D eigenvalue weighted by atomic mass is 19.4. The molecule has 0 aliphatic carbocycles. The zero-order valence-electron chi connectivity index (χ0n) is 12.8. The van der Waals surface area contributed by atoms with Crippen molar-refractivity contribution in [2.45, 2.75) is 52.6 Å². The second kappa shape index (κ2) is 7.61. The first-order valence-electron chi connectivity index (χ1n) is 7.42. The van der Waals surface area contributed by atoms with Crippen LogP contribution in [0.15, 0.2) is 0 Å². The van der Waals surface area contributed by atoms with Crippen LogP contribution >= 0.6 is 0 Å². The molecule has 1 fully saturated rings. The summed E-state index contributed by atoms with van der Waals surface area (Å²) in [6.45, 7) is 10.2. The number of rotatable bonds is 6. The molecule has 0 aromatic rings. The molecule has 3 nitrogen and oxygen atoms in total. The van der Waals surface area contributed by atoms with Gasteiger partial charge in [-0.05, 0) is 11.8 Å². The maximum atomic E-state index is 12.1. The summed E-state index contributed by atoms with van der Waals surface area (Å²) in [7, 11) is 0. The Morgan fingerprint density at radius 3 is 2.45 bits per heavy atom. The number of hydrogen-bond donors (Lipinski definition) is 1. The van der Waals surface area contributed by atoms with Gasteiger partial charge in [0.15, 0.2) is 0 Å². The van der Waals surface area contributed by atoms with E-state index in [-0.39, 0.29) is 12.6 Å². The molecule has 1 heterocycles. The van der Waals surface area contributed by atoms with E-state index in [4.69, 9.17) is 0 Å². The van der Waals surface area contributed by atoms with Crippen molar-refractivity contribution < 1.29 is 17.9 Å². The summed E-state index contributed by atoms with van der Waals surface area (Å²) in [6, 6.07) is 0.619. The molecular weight excluding hydrogens is 269 g/mol. The number of nitrogens with one attached hydrogen (secondary N) is 1. The fourth-order valence-corrected chi connectivity index (χ4v) is 2.71. The lowest BCUT2D eigenvalue weighted by Crippen LogP contribution is -2.60. The number of piperazine rings is 1. The molecule has 20 heavy (non-hydrogen) atoms. The van der Waals surface area contributed by atoms with Crippen molar-refractivity contribution in [2.24, 2.45) is 11.8 Å². The van der Waals surface area contributed by atoms with Gasteiger partial charge in [-0.25, -0.2) is 0 Å². The Balaban J connectivity index is 2.55. The van der Waals surface area contributed by atoms with Crippen molar-refractivity contribution in [3.05, 3.63) is 0 Å². The summed E-state index contributed by atoms with van der Waals surface area (Å²) < 4.78 is 40.1. The number of nitrogens with zero attached hydrogens (tertiary/aromatic N) is 1. The molecular formula is C14H27F3N2O. The number of halogens is 3. The Kier molecular flexibility index (Phi) is 6.75. The molecule has 0 radical (unpaired) electrons. The maximum Gasteiger partial charge on any atom is 0.522 e. The van der Waals surface area contributed by atoms with Gasteiger partial charge in [-0.3, -0.25) is 9.64 Å². The van der Waals surface area contributed by atoms with Crippen molar-refractivity contribution in [1.82, 2.24) is 10.2 Å². The van der Waals surface area contributed by atoms with Crippen molar-refractivity contribution in [3.8, 4) is 0 Å². The largest absolute Gasteiger partial charge is 0.522 e. The van der Waals surface area contributed by atoms with E-state index < -0.39 is 6.36 Å². The van der Waals surface area contributed by atoms with Gasteiger partial charge in [0.2, 0.25) is 0 Å². The van der Waals surface area contributed by atoms with Gasteiger partial charge in [-0.1, -0.05) is 34.1 Å². The predicted octanol–water partition coefficient (Wildman–Crippen LogP) is 2.87. The van der Waals surface area contributed by atoms with E-state index in [0.717, 1.165) is 19.5 Å². The molecule has 0 bridgehead atoms. The van der Waals surface area contributed by atoms with Crippen LogP contribution in [0.25, 0.3) is 0 Å². The Labute approximate surface area is 119 Å². The molecule has 1 saturated heterocycles. The zero-order valence-corrected chi connectivity index (χ0v) is 12.8. The minimum atomic E-state index is -4.53. The van der Waals surface area contributed by atoms with Crippen LogP contribution in [0, 0.1) is 11.8 Å². The Morgan fingerprint density at radius 1 is 1.30 bits per heavy atom. The average Bonchev–Trinajstić information content (AvgIpc) is 2.35. The highest BCUT2D eigenvalue weighted by Crippen LogP contribution is 2.21. The first kappa shape index (κ1) is 17.7. The van der Waals surface area contributed by atoms with Gasteiger partial charge in [-0.15, -0.1) is 13.2 Å². The minimum Gasteiger partial charge on any atom is -0.311 e. The van der Waals surface area contributed by atoms with Gasteiger partial charge in [0.1, 0.15) is 0 Å². The first-order chi connectivity index (χ1) is 9.24. The molecule has 0 aromatic carbocycles. The predicted molar refractivity (Wildman–Crippen MR) is 73.5 cm³/mol. The summed E-state index contributed by atoms with van der Waals surface area (Å²) in [5.74, 6) is 0.931. The molecule has 0 saturated carbocycles. The lowest BCUT2D eigenvalue weighted by molar-refractivity contribution is -0.325. The molecule has 0 amide bonds. The smallest absolute Gasteiger partial charge is 0.311 e. The molecule has 0 spiro atoms. The summed E-state index contributed by atoms with van der Waals surface area (Å²) in [4.78, 5) is 2.14. The van der Waals surface area contributed by atoms with Gasteiger partial charge < -0.3 is 5.32 Å². The maximum absolute atomic E-state index is 12.1. The van der Waals surface area contributed by atoms with Crippen LogP contribution in [0.1, 0.15) is 34.1 Å². The van der Waals surface area contributed by atoms with E-state index in [2.05, 4.69) is 42.6 Å². The third kappa shape index (κ3) is 5.58. The lowest BCUT2D eigenvalue weighted by Gasteiger charge is -2.44. The van der Waals surface area contributed by atoms with Crippen LogP contribution in [-0.4, -0.2) is 49.6 Å². The summed E-state index contributed by atoms with van der Waals surface area (Å²) in [5, 5.41) is 3.53. The normalized spacial score (nSPS) is 27.0. The van der Waals surface area contributed by atoms with Crippen LogP contribution < -0.4 is 5.32 Å². The van der Waals surface area contributed by atoms with Gasteiger partial charge in [0.05, 0.1) is 6.61 Å². The fourth-order valence-electron chi connectivity index (χ4n) is 2.71. The molecule has 0 aromatic heterocycles. The van der Waals surface area contributed by atoms with E-state index in [0.29, 0.717) is 24.4 Å². The molecule has 120 valence electrons. The van der Waals surface area contributed by atoms with Gasteiger partial charge in [-0.2, -0.15) is 0 Å². The topological polar surface area (TPSA) is 24.5 Å². The molecule has 1 rings (SSSR count). The summed E-state index contributed by atoms with van der Waals surface area (Å²) in [5.41, 5.74) is 0. The highest BCUT2D eigenvalue weighted by molar-refractivity contribution is 4.89. The fraction of sp³-hybridized carbons (Fsp3) is 1.00. The number of ether oxygens (including phenoxy) is 1. The SMILES string of the molecule is CCC(C)C1CN(CCOC(F)(F)F)C(C(C)C)CN1. The quantitative estimate of drug-likeness (QED) is 0.815. The van der Waals surface area contributed by atoms with Crippen molar-refractivity contribution >= 4 is 0 Å². The van der Waals surface area contributed by atoms with E-state index in [9.17, 15) is 13.2 Å². The van der Waals surface area contributed by atoms with Crippen LogP contribution in [0.2, 0.25) is 0 Å². The third-order valence-electron chi connectivity index (χ3n) is 4.23. The summed E-state index contributed by atoms with van der Waals surface area (Å²) in [6.07, 6.45) is -3.46. The van der Waals surface area contributed by atoms with Crippen LogP contribution in [-0.2, 0) is 4.74 Å². The molecule has 6 heteroatoms. The first-order valence-corrected chi connectivity index (χ1v) is 7.42. The Morgan fingerprint density at radius 2 is 1.95 bits per heavy atom. The van der Waals surface area contributed by atoms with Gasteiger partial charge in [0, 0.05) is 31.7 Å².